The number of aromatic nitrogens is 2. The zero-order valence-electron chi connectivity index (χ0n) is 15.9. The summed E-state index contributed by atoms with van der Waals surface area (Å²) in [7, 11) is 3.07. The van der Waals surface area contributed by atoms with E-state index in [0.29, 0.717) is 22.6 Å². The minimum atomic E-state index is -0.508. The lowest BCUT2D eigenvalue weighted by atomic mass is 10.1. The fourth-order valence-corrected chi connectivity index (χ4v) is 3.20. The van der Waals surface area contributed by atoms with Gasteiger partial charge in [0.05, 0.1) is 30.5 Å². The van der Waals surface area contributed by atoms with Crippen LogP contribution in [0.3, 0.4) is 0 Å². The SMILES string of the molecule is COc1ccc(-c2nnc(SCC(=O)c3ccc(C)c([N+](=O)[O-])c3)o2)c(OC)c1. The van der Waals surface area contributed by atoms with Crippen molar-refractivity contribution in [1.29, 1.82) is 0 Å². The van der Waals surface area contributed by atoms with E-state index in [4.69, 9.17) is 13.9 Å². The molecule has 0 aliphatic carbocycles. The predicted molar refractivity (Wildman–Crippen MR) is 106 cm³/mol. The first kappa shape index (κ1) is 20.3. The molecule has 0 atom stereocenters. The van der Waals surface area contributed by atoms with Crippen LogP contribution in [0, 0.1) is 17.0 Å². The van der Waals surface area contributed by atoms with E-state index in [0.717, 1.165) is 11.8 Å². The maximum atomic E-state index is 12.4. The third-order valence-corrected chi connectivity index (χ3v) is 4.92. The van der Waals surface area contributed by atoms with Gasteiger partial charge >= 0.3 is 0 Å². The van der Waals surface area contributed by atoms with E-state index in [1.165, 1.54) is 13.2 Å². The third kappa shape index (κ3) is 4.54. The second-order valence-corrected chi connectivity index (χ2v) is 6.84. The van der Waals surface area contributed by atoms with E-state index in [9.17, 15) is 14.9 Å². The van der Waals surface area contributed by atoms with Gasteiger partial charge in [0.15, 0.2) is 5.78 Å². The number of hydrogen-bond acceptors (Lipinski definition) is 9. The summed E-state index contributed by atoms with van der Waals surface area (Å²) in [6.45, 7) is 1.62. The Hall–Kier alpha value is -3.40. The lowest BCUT2D eigenvalue weighted by Gasteiger charge is -2.07. The van der Waals surface area contributed by atoms with Crippen LogP contribution in [0.4, 0.5) is 5.69 Å². The predicted octanol–water partition coefficient (Wildman–Crippen LogP) is 3.95. The summed E-state index contributed by atoms with van der Waals surface area (Å²) in [5, 5.41) is 19.2. The first-order chi connectivity index (χ1) is 13.9. The van der Waals surface area contributed by atoms with Crippen LogP contribution < -0.4 is 9.47 Å². The molecule has 0 amide bonds. The van der Waals surface area contributed by atoms with Crippen LogP contribution in [0.2, 0.25) is 0 Å². The summed E-state index contributed by atoms with van der Waals surface area (Å²) in [4.78, 5) is 22.9. The van der Waals surface area contributed by atoms with Crippen LogP contribution in [0.1, 0.15) is 15.9 Å². The Labute approximate surface area is 170 Å². The molecule has 10 heteroatoms. The topological polar surface area (TPSA) is 118 Å². The number of carbonyl (C=O) groups excluding carboxylic acids is 1. The molecule has 2 aromatic carbocycles. The van der Waals surface area contributed by atoms with Crippen LogP contribution >= 0.6 is 11.8 Å². The Kier molecular flexibility index (Phi) is 6.13. The lowest BCUT2D eigenvalue weighted by Crippen LogP contribution is -2.04. The number of aryl methyl sites for hydroxylation is 1. The summed E-state index contributed by atoms with van der Waals surface area (Å²) >= 11 is 1.05. The van der Waals surface area contributed by atoms with E-state index < -0.39 is 4.92 Å². The average molecular weight is 415 g/mol. The van der Waals surface area contributed by atoms with Crippen LogP contribution in [0.15, 0.2) is 46.0 Å². The highest BCUT2D eigenvalue weighted by atomic mass is 32.2. The Bertz CT molecular complexity index is 1070. The molecule has 0 aliphatic heterocycles. The number of methoxy groups -OCH3 is 2. The largest absolute Gasteiger partial charge is 0.497 e. The van der Waals surface area contributed by atoms with Crippen molar-refractivity contribution in [2.45, 2.75) is 12.1 Å². The van der Waals surface area contributed by atoms with Crippen molar-refractivity contribution in [2.75, 3.05) is 20.0 Å². The van der Waals surface area contributed by atoms with Crippen molar-refractivity contribution in [3.05, 3.63) is 57.6 Å². The molecule has 0 unspecified atom stereocenters. The van der Waals surface area contributed by atoms with Crippen LogP contribution in [0.5, 0.6) is 11.5 Å². The summed E-state index contributed by atoms with van der Waals surface area (Å²) in [5.41, 5.74) is 1.25. The number of ketones is 1. The standard InChI is InChI=1S/C19H17N3O6S/c1-11-4-5-12(8-15(11)22(24)25)16(23)10-29-19-21-20-18(28-19)14-7-6-13(26-2)9-17(14)27-3/h4-9H,10H2,1-3H3. The first-order valence-electron chi connectivity index (χ1n) is 8.40. The molecular weight excluding hydrogens is 398 g/mol. The Balaban J connectivity index is 1.72. The van der Waals surface area contributed by atoms with E-state index in [1.54, 1.807) is 44.4 Å². The summed E-state index contributed by atoms with van der Waals surface area (Å²) in [5.74, 6) is 1.09. The molecule has 1 aromatic heterocycles. The van der Waals surface area contributed by atoms with Gasteiger partial charge in [-0.15, -0.1) is 10.2 Å². The molecule has 150 valence electrons. The third-order valence-electron chi connectivity index (χ3n) is 4.10. The summed E-state index contributed by atoms with van der Waals surface area (Å²) in [6.07, 6.45) is 0. The Morgan fingerprint density at radius 3 is 2.66 bits per heavy atom. The smallest absolute Gasteiger partial charge is 0.277 e. The molecule has 0 aliphatic rings. The molecule has 1 heterocycles. The molecule has 0 fully saturated rings. The number of rotatable bonds is 8. The van der Waals surface area contributed by atoms with Crippen LogP contribution in [-0.2, 0) is 0 Å². The number of ether oxygens (including phenoxy) is 2. The van der Waals surface area contributed by atoms with Crippen LogP contribution in [0.25, 0.3) is 11.5 Å². The minimum Gasteiger partial charge on any atom is -0.497 e. The second kappa shape index (κ2) is 8.74. The highest BCUT2D eigenvalue weighted by Crippen LogP contribution is 2.33. The number of nitro groups is 1. The number of nitro benzene ring substituents is 1. The normalized spacial score (nSPS) is 10.6. The van der Waals surface area contributed by atoms with Gasteiger partial charge in [-0.05, 0) is 19.1 Å². The zero-order valence-corrected chi connectivity index (χ0v) is 16.7. The van der Waals surface area contributed by atoms with Crippen molar-refractivity contribution in [2.24, 2.45) is 0 Å². The fourth-order valence-electron chi connectivity index (χ4n) is 2.54. The van der Waals surface area contributed by atoms with Gasteiger partial charge in [-0.2, -0.15) is 0 Å². The van der Waals surface area contributed by atoms with Gasteiger partial charge in [0.1, 0.15) is 11.5 Å². The molecule has 0 radical (unpaired) electrons. The van der Waals surface area contributed by atoms with Gasteiger partial charge in [-0.1, -0.05) is 23.9 Å². The molecule has 9 nitrogen and oxygen atoms in total. The molecule has 29 heavy (non-hydrogen) atoms. The van der Waals surface area contributed by atoms with E-state index in [2.05, 4.69) is 10.2 Å². The quantitative estimate of drug-likeness (QED) is 0.233. The molecule has 3 aromatic rings. The Morgan fingerprint density at radius 2 is 1.97 bits per heavy atom. The van der Waals surface area contributed by atoms with Gasteiger partial charge in [0.2, 0.25) is 0 Å². The number of nitrogens with zero attached hydrogens (tertiary/aromatic N) is 3. The zero-order chi connectivity index (χ0) is 21.0. The van der Waals surface area contributed by atoms with Gasteiger partial charge in [-0.3, -0.25) is 14.9 Å². The number of carbonyl (C=O) groups is 1. The monoisotopic (exact) mass is 415 g/mol. The maximum absolute atomic E-state index is 12.4. The molecule has 0 saturated carbocycles. The van der Waals surface area contributed by atoms with Crippen molar-refractivity contribution >= 4 is 23.2 Å². The number of thioether (sulfide) groups is 1. The summed E-state index contributed by atoms with van der Waals surface area (Å²) in [6, 6.07) is 9.56. The number of benzene rings is 2. The average Bonchev–Trinajstić information content (AvgIpc) is 3.20. The fraction of sp³-hybridized carbons (Fsp3) is 0.211. The molecule has 0 N–H and O–H groups in total. The first-order valence-corrected chi connectivity index (χ1v) is 9.38. The molecule has 0 bridgehead atoms. The Morgan fingerprint density at radius 1 is 1.17 bits per heavy atom. The van der Waals surface area contributed by atoms with E-state index in [1.807, 2.05) is 0 Å². The van der Waals surface area contributed by atoms with Gasteiger partial charge in [0.25, 0.3) is 16.8 Å². The van der Waals surface area contributed by atoms with Crippen molar-refractivity contribution in [3.63, 3.8) is 0 Å². The van der Waals surface area contributed by atoms with Crippen molar-refractivity contribution in [3.8, 4) is 23.0 Å². The highest BCUT2D eigenvalue weighted by molar-refractivity contribution is 7.99. The lowest BCUT2D eigenvalue weighted by molar-refractivity contribution is -0.385. The molecule has 0 spiro atoms. The maximum Gasteiger partial charge on any atom is 0.277 e. The second-order valence-electron chi connectivity index (χ2n) is 5.91. The summed E-state index contributed by atoms with van der Waals surface area (Å²) < 4.78 is 16.1. The van der Waals surface area contributed by atoms with Gasteiger partial charge in [-0.25, -0.2) is 0 Å². The minimum absolute atomic E-state index is 0.00158. The van der Waals surface area contributed by atoms with E-state index in [-0.39, 0.29) is 33.9 Å². The van der Waals surface area contributed by atoms with Gasteiger partial charge < -0.3 is 13.9 Å². The van der Waals surface area contributed by atoms with E-state index >= 15 is 0 Å². The molecular formula is C19H17N3O6S. The molecule has 3 rings (SSSR count). The number of hydrogen-bond donors (Lipinski definition) is 0. The van der Waals surface area contributed by atoms with Gasteiger partial charge in [0, 0.05) is 23.3 Å². The van der Waals surface area contributed by atoms with Crippen LogP contribution in [-0.4, -0.2) is 40.9 Å². The van der Waals surface area contributed by atoms with Crippen molar-refractivity contribution < 1.29 is 23.6 Å². The number of Topliss-reactive ketones (excluding diaryl/α,β-unsaturated/α-hetero) is 1. The highest BCUT2D eigenvalue weighted by Gasteiger charge is 2.18. The van der Waals surface area contributed by atoms with Crippen molar-refractivity contribution in [1.82, 2.24) is 10.2 Å². The molecule has 0 saturated heterocycles.